The van der Waals surface area contributed by atoms with E-state index in [2.05, 4.69) is 10.6 Å². The first-order chi connectivity index (χ1) is 23.9. The second-order valence-electron chi connectivity index (χ2n) is 11.7. The van der Waals surface area contributed by atoms with E-state index >= 15 is 0 Å². The van der Waals surface area contributed by atoms with Gasteiger partial charge in [-0.15, -0.1) is 0 Å². The Morgan fingerprint density at radius 3 is 1.53 bits per heavy atom. The van der Waals surface area contributed by atoms with Crippen LogP contribution in [0.3, 0.4) is 0 Å². The van der Waals surface area contributed by atoms with Crippen LogP contribution in [0, 0.1) is 34.6 Å². The van der Waals surface area contributed by atoms with Crippen molar-refractivity contribution in [3.05, 3.63) is 168 Å². The Morgan fingerprint density at radius 2 is 1.00 bits per heavy atom. The first-order valence-corrected chi connectivity index (χ1v) is 15.4. The molecule has 2 aromatic heterocycles. The van der Waals surface area contributed by atoms with E-state index in [-0.39, 0.29) is 0 Å². The number of nitriles is 1. The summed E-state index contributed by atoms with van der Waals surface area (Å²) in [6.45, 7) is 0. The number of aromatic nitrogens is 2. The van der Waals surface area contributed by atoms with E-state index in [4.69, 9.17) is 4.98 Å². The van der Waals surface area contributed by atoms with Gasteiger partial charge in [-0.3, -0.25) is 4.98 Å². The van der Waals surface area contributed by atoms with Crippen LogP contribution in [0.25, 0.3) is 72.1 Å². The Bertz CT molecular complexity index is 2470. The van der Waals surface area contributed by atoms with Crippen LogP contribution in [-0.2, 0) is 0 Å². The first-order valence-electron chi connectivity index (χ1n) is 15.4. The van der Waals surface area contributed by atoms with Gasteiger partial charge in [-0.2, -0.15) is 5.26 Å². The van der Waals surface area contributed by atoms with Crippen LogP contribution in [0.4, 0.5) is 17.6 Å². The number of para-hydroxylation sites is 1. The number of pyridine rings is 1. The van der Waals surface area contributed by atoms with E-state index in [0.29, 0.717) is 33.5 Å². The van der Waals surface area contributed by atoms with Crippen molar-refractivity contribution in [3.63, 3.8) is 0 Å². The molecule has 0 spiro atoms. The largest absolute Gasteiger partial charge is 0.309 e. The van der Waals surface area contributed by atoms with Crippen molar-refractivity contribution < 1.29 is 17.6 Å². The van der Waals surface area contributed by atoms with Gasteiger partial charge in [-0.25, -0.2) is 17.6 Å². The van der Waals surface area contributed by atoms with E-state index in [9.17, 15) is 22.8 Å². The number of halogens is 4. The SMILES string of the molecule is N#Cc1ccccc1-c1ccc(-c2ccccc2-n2c3ccc(-c4cc(F)cc(F)c4)cc3c3cc(-c4cc(F)cc(F)c4)ccc32)cn1. The zero-order valence-electron chi connectivity index (χ0n) is 25.6. The predicted octanol–water partition coefficient (Wildman–Crippen LogP) is 11.3. The number of fused-ring (bicyclic) bond motifs is 3. The van der Waals surface area contributed by atoms with Gasteiger partial charge in [0.15, 0.2) is 0 Å². The summed E-state index contributed by atoms with van der Waals surface area (Å²) in [7, 11) is 0. The van der Waals surface area contributed by atoms with Crippen molar-refractivity contribution >= 4 is 21.8 Å². The molecule has 0 saturated carbocycles. The van der Waals surface area contributed by atoms with E-state index in [1.54, 1.807) is 12.3 Å². The maximum atomic E-state index is 14.3. The second-order valence-corrected chi connectivity index (χ2v) is 11.7. The van der Waals surface area contributed by atoms with Crippen LogP contribution in [0.5, 0.6) is 0 Å². The molecule has 49 heavy (non-hydrogen) atoms. The standard InChI is InChI=1S/C42H23F4N3/c43-31-15-29(16-32(44)21-31)25-10-13-41-37(19-25)38-20-26(30-17-33(45)22-34(46)18-30)11-14-42(38)49(41)40-8-4-3-7-36(40)28-9-12-39(48-24-28)35-6-2-1-5-27(35)23-47/h1-22,24H. The molecule has 0 amide bonds. The quantitative estimate of drug-likeness (QED) is 0.175. The Hall–Kier alpha value is -6.52. The molecule has 3 nitrogen and oxygen atoms in total. The normalized spacial score (nSPS) is 11.2. The third-order valence-electron chi connectivity index (χ3n) is 8.70. The number of rotatable bonds is 5. The number of nitrogens with zero attached hydrogens (tertiary/aromatic N) is 3. The van der Waals surface area contributed by atoms with Crippen LogP contribution in [-0.4, -0.2) is 9.55 Å². The molecule has 2 heterocycles. The molecule has 6 aromatic carbocycles. The summed E-state index contributed by atoms with van der Waals surface area (Å²) < 4.78 is 59.1. The van der Waals surface area contributed by atoms with Gasteiger partial charge < -0.3 is 4.57 Å². The minimum atomic E-state index is -0.683. The maximum absolute atomic E-state index is 14.3. The fourth-order valence-electron chi connectivity index (χ4n) is 6.51. The van der Waals surface area contributed by atoms with Crippen LogP contribution in [0.15, 0.2) is 140 Å². The minimum absolute atomic E-state index is 0.383. The molecule has 0 aliphatic carbocycles. The van der Waals surface area contributed by atoms with Gasteiger partial charge in [0.2, 0.25) is 0 Å². The van der Waals surface area contributed by atoms with Gasteiger partial charge in [0.05, 0.1) is 34.0 Å². The summed E-state index contributed by atoms with van der Waals surface area (Å²) in [5.41, 5.74) is 8.17. The lowest BCUT2D eigenvalue weighted by Gasteiger charge is -2.14. The Morgan fingerprint density at radius 1 is 0.490 bits per heavy atom. The van der Waals surface area contributed by atoms with Crippen molar-refractivity contribution in [2.75, 3.05) is 0 Å². The van der Waals surface area contributed by atoms with Crippen molar-refractivity contribution in [2.24, 2.45) is 0 Å². The Balaban J connectivity index is 1.34. The molecular formula is C42H23F4N3. The summed E-state index contributed by atoms with van der Waals surface area (Å²) in [4.78, 5) is 4.72. The molecule has 0 aliphatic heterocycles. The number of benzene rings is 6. The number of hydrogen-bond acceptors (Lipinski definition) is 2. The van der Waals surface area contributed by atoms with E-state index in [0.717, 1.165) is 56.3 Å². The molecule has 0 aliphatic rings. The van der Waals surface area contributed by atoms with Crippen molar-refractivity contribution in [2.45, 2.75) is 0 Å². The van der Waals surface area contributed by atoms with Crippen LogP contribution < -0.4 is 0 Å². The molecule has 7 heteroatoms. The Kier molecular flexibility index (Phi) is 7.27. The van der Waals surface area contributed by atoms with E-state index < -0.39 is 23.3 Å². The molecule has 0 fully saturated rings. The fraction of sp³-hybridized carbons (Fsp3) is 0. The van der Waals surface area contributed by atoms with E-state index in [1.807, 2.05) is 91.0 Å². The highest BCUT2D eigenvalue weighted by Crippen LogP contribution is 2.40. The van der Waals surface area contributed by atoms with Gasteiger partial charge in [-0.1, -0.05) is 54.6 Å². The lowest BCUT2D eigenvalue weighted by molar-refractivity contribution is 0.583. The zero-order valence-corrected chi connectivity index (χ0v) is 25.6. The average Bonchev–Trinajstić information content (AvgIpc) is 3.43. The smallest absolute Gasteiger partial charge is 0.126 e. The third kappa shape index (κ3) is 5.39. The maximum Gasteiger partial charge on any atom is 0.126 e. The summed E-state index contributed by atoms with van der Waals surface area (Å²) in [6, 6.07) is 39.3. The van der Waals surface area contributed by atoms with Crippen molar-refractivity contribution in [1.82, 2.24) is 9.55 Å². The van der Waals surface area contributed by atoms with Crippen LogP contribution >= 0.6 is 0 Å². The van der Waals surface area contributed by atoms with Gasteiger partial charge in [0.25, 0.3) is 0 Å². The Labute approximate surface area is 278 Å². The summed E-state index contributed by atoms with van der Waals surface area (Å²) in [6.07, 6.45) is 1.78. The van der Waals surface area contributed by atoms with Gasteiger partial charge in [0, 0.05) is 45.8 Å². The van der Waals surface area contributed by atoms with Gasteiger partial charge >= 0.3 is 0 Å². The predicted molar refractivity (Wildman–Crippen MR) is 185 cm³/mol. The molecule has 0 unspecified atom stereocenters. The fourth-order valence-corrected chi connectivity index (χ4v) is 6.51. The third-order valence-corrected chi connectivity index (χ3v) is 8.70. The molecular weight excluding hydrogens is 622 g/mol. The van der Waals surface area contributed by atoms with Crippen molar-refractivity contribution in [1.29, 1.82) is 5.26 Å². The highest BCUT2D eigenvalue weighted by molar-refractivity contribution is 6.12. The molecule has 0 saturated heterocycles. The zero-order chi connectivity index (χ0) is 33.6. The van der Waals surface area contributed by atoms with Crippen molar-refractivity contribution in [3.8, 4) is 56.4 Å². The summed E-state index contributed by atoms with van der Waals surface area (Å²) >= 11 is 0. The topological polar surface area (TPSA) is 41.6 Å². The van der Waals surface area contributed by atoms with E-state index in [1.165, 1.54) is 24.3 Å². The first kappa shape index (κ1) is 29.9. The highest BCUT2D eigenvalue weighted by Gasteiger charge is 2.18. The monoisotopic (exact) mass is 645 g/mol. The van der Waals surface area contributed by atoms with Crippen LogP contribution in [0.2, 0.25) is 0 Å². The number of hydrogen-bond donors (Lipinski definition) is 0. The molecule has 8 aromatic rings. The second kappa shape index (κ2) is 11.9. The summed E-state index contributed by atoms with van der Waals surface area (Å²) in [5.74, 6) is -2.73. The molecule has 0 radical (unpaired) electrons. The highest BCUT2D eigenvalue weighted by atomic mass is 19.1. The summed E-state index contributed by atoms with van der Waals surface area (Å²) in [5, 5.41) is 11.2. The molecule has 0 N–H and O–H groups in total. The van der Waals surface area contributed by atoms with Crippen LogP contribution in [0.1, 0.15) is 5.56 Å². The molecule has 234 valence electrons. The molecule has 8 rings (SSSR count). The lowest BCUT2D eigenvalue weighted by Crippen LogP contribution is -1.98. The lowest BCUT2D eigenvalue weighted by atomic mass is 10.00. The van der Waals surface area contributed by atoms with Gasteiger partial charge in [0.1, 0.15) is 23.3 Å². The minimum Gasteiger partial charge on any atom is -0.309 e. The molecule has 0 bridgehead atoms. The molecule has 0 atom stereocenters. The van der Waals surface area contributed by atoms with Gasteiger partial charge in [-0.05, 0) is 89.0 Å². The average molecular weight is 646 g/mol.